The predicted octanol–water partition coefficient (Wildman–Crippen LogP) is 1.43. The lowest BCUT2D eigenvalue weighted by molar-refractivity contribution is -0.121. The number of hydrogen-bond donors (Lipinski definition) is 2. The van der Waals surface area contributed by atoms with Gasteiger partial charge < -0.3 is 10.6 Å². The second-order valence-electron chi connectivity index (χ2n) is 5.66. The third-order valence-corrected chi connectivity index (χ3v) is 6.37. The first-order chi connectivity index (χ1) is 12.3. The molecule has 0 fully saturated rings. The molecule has 0 saturated heterocycles. The van der Waals surface area contributed by atoms with Crippen molar-refractivity contribution in [3.8, 4) is 0 Å². The third-order valence-electron chi connectivity index (χ3n) is 3.59. The molecule has 0 radical (unpaired) electrons. The first-order valence-corrected chi connectivity index (χ1v) is 10.2. The van der Waals surface area contributed by atoms with Gasteiger partial charge in [0.15, 0.2) is 0 Å². The van der Waals surface area contributed by atoms with Gasteiger partial charge in [0.1, 0.15) is 0 Å². The molecule has 0 atom stereocenters. The summed E-state index contributed by atoms with van der Waals surface area (Å²) in [4.78, 5) is 24.5. The molecular formula is C17H21N3O4S2. The van der Waals surface area contributed by atoms with Gasteiger partial charge in [0.05, 0.1) is 9.77 Å². The molecule has 0 spiro atoms. The normalized spacial score (nSPS) is 11.3. The Kier molecular flexibility index (Phi) is 6.90. The number of thiophene rings is 1. The SMILES string of the molecule is CN(C)S(=O)(=O)c1ccccc1CNC(=O)CCNC(=O)c1cccs1. The van der Waals surface area contributed by atoms with Crippen molar-refractivity contribution in [2.75, 3.05) is 20.6 Å². The van der Waals surface area contributed by atoms with Crippen molar-refractivity contribution >= 4 is 33.2 Å². The molecule has 2 aromatic rings. The Morgan fingerprint density at radius 3 is 2.46 bits per heavy atom. The van der Waals surface area contributed by atoms with Crippen molar-refractivity contribution in [3.05, 3.63) is 52.2 Å². The molecule has 2 N–H and O–H groups in total. The molecule has 2 amide bonds. The summed E-state index contributed by atoms with van der Waals surface area (Å²) in [5.74, 6) is -0.483. The fourth-order valence-electron chi connectivity index (χ4n) is 2.16. The van der Waals surface area contributed by atoms with Crippen molar-refractivity contribution in [1.82, 2.24) is 14.9 Å². The van der Waals surface area contributed by atoms with Crippen LogP contribution in [0, 0.1) is 0 Å². The number of benzene rings is 1. The summed E-state index contributed by atoms with van der Waals surface area (Å²) in [6.07, 6.45) is 0.111. The van der Waals surface area contributed by atoms with Crippen LogP contribution in [0.15, 0.2) is 46.7 Å². The zero-order valence-corrected chi connectivity index (χ0v) is 16.2. The van der Waals surface area contributed by atoms with Crippen molar-refractivity contribution in [1.29, 1.82) is 0 Å². The fraction of sp³-hybridized carbons (Fsp3) is 0.294. The minimum Gasteiger partial charge on any atom is -0.352 e. The van der Waals surface area contributed by atoms with Crippen molar-refractivity contribution in [2.24, 2.45) is 0 Å². The molecule has 0 aliphatic carbocycles. The van der Waals surface area contributed by atoms with Crippen LogP contribution in [0.4, 0.5) is 0 Å². The average molecular weight is 396 g/mol. The molecule has 1 heterocycles. The van der Waals surface area contributed by atoms with E-state index < -0.39 is 10.0 Å². The van der Waals surface area contributed by atoms with E-state index >= 15 is 0 Å². The molecule has 26 heavy (non-hydrogen) atoms. The van der Waals surface area contributed by atoms with Crippen LogP contribution in [0.3, 0.4) is 0 Å². The standard InChI is InChI=1S/C17H21N3O4S2/c1-20(2)26(23,24)15-8-4-3-6-13(15)12-19-16(21)9-10-18-17(22)14-7-5-11-25-14/h3-8,11H,9-10,12H2,1-2H3,(H,18,22)(H,19,21). The van der Waals surface area contributed by atoms with E-state index in [1.807, 2.05) is 0 Å². The number of carbonyl (C=O) groups is 2. The van der Waals surface area contributed by atoms with Crippen molar-refractivity contribution in [2.45, 2.75) is 17.9 Å². The first kappa shape index (κ1) is 20.1. The van der Waals surface area contributed by atoms with E-state index in [2.05, 4.69) is 10.6 Å². The van der Waals surface area contributed by atoms with Gasteiger partial charge in [-0.05, 0) is 23.1 Å². The van der Waals surface area contributed by atoms with Gasteiger partial charge >= 0.3 is 0 Å². The summed E-state index contributed by atoms with van der Waals surface area (Å²) >= 11 is 1.33. The first-order valence-electron chi connectivity index (χ1n) is 7.91. The largest absolute Gasteiger partial charge is 0.352 e. The van der Waals surface area contributed by atoms with Crippen LogP contribution in [0.1, 0.15) is 21.7 Å². The Balaban J connectivity index is 1.87. The second kappa shape index (κ2) is 8.93. The van der Waals surface area contributed by atoms with Gasteiger partial charge in [-0.2, -0.15) is 0 Å². The van der Waals surface area contributed by atoms with E-state index in [4.69, 9.17) is 0 Å². The minimum atomic E-state index is -3.58. The van der Waals surface area contributed by atoms with Gasteiger partial charge in [-0.15, -0.1) is 11.3 Å². The molecular weight excluding hydrogens is 374 g/mol. The number of nitrogens with zero attached hydrogens (tertiary/aromatic N) is 1. The Labute approximate surface area is 157 Å². The highest BCUT2D eigenvalue weighted by atomic mass is 32.2. The van der Waals surface area contributed by atoms with Gasteiger partial charge in [0.2, 0.25) is 15.9 Å². The second-order valence-corrected chi connectivity index (χ2v) is 8.72. The molecule has 9 heteroatoms. The summed E-state index contributed by atoms with van der Waals surface area (Å²) < 4.78 is 25.8. The van der Waals surface area contributed by atoms with E-state index in [0.717, 1.165) is 4.31 Å². The number of rotatable bonds is 8. The Hall–Kier alpha value is -2.23. The number of amides is 2. The Bertz CT molecular complexity index is 862. The molecule has 0 saturated carbocycles. The van der Waals surface area contributed by atoms with Crippen LogP contribution in [0.5, 0.6) is 0 Å². The van der Waals surface area contributed by atoms with Crippen LogP contribution in [0.25, 0.3) is 0 Å². The highest BCUT2D eigenvalue weighted by Gasteiger charge is 2.20. The topological polar surface area (TPSA) is 95.6 Å². The van der Waals surface area contributed by atoms with Gasteiger partial charge in [-0.25, -0.2) is 12.7 Å². The molecule has 1 aromatic carbocycles. The van der Waals surface area contributed by atoms with E-state index in [0.29, 0.717) is 10.4 Å². The maximum atomic E-state index is 12.3. The lowest BCUT2D eigenvalue weighted by Gasteiger charge is -2.15. The number of hydrogen-bond acceptors (Lipinski definition) is 5. The quantitative estimate of drug-likeness (QED) is 0.707. The van der Waals surface area contributed by atoms with Crippen LogP contribution < -0.4 is 10.6 Å². The number of carbonyl (C=O) groups excluding carboxylic acids is 2. The monoisotopic (exact) mass is 395 g/mol. The molecule has 0 aliphatic heterocycles. The molecule has 1 aromatic heterocycles. The summed E-state index contributed by atoms with van der Waals surface area (Å²) in [5.41, 5.74) is 0.511. The van der Waals surface area contributed by atoms with Crippen LogP contribution in [-0.4, -0.2) is 45.2 Å². The highest BCUT2D eigenvalue weighted by Crippen LogP contribution is 2.18. The van der Waals surface area contributed by atoms with E-state index in [1.54, 1.807) is 35.7 Å². The van der Waals surface area contributed by atoms with E-state index in [-0.39, 0.29) is 36.2 Å². The summed E-state index contributed by atoms with van der Waals surface area (Å²) in [5, 5.41) is 7.17. The molecule has 2 rings (SSSR count). The zero-order valence-electron chi connectivity index (χ0n) is 14.6. The summed E-state index contributed by atoms with van der Waals surface area (Å²) in [6.45, 7) is 0.307. The molecule has 7 nitrogen and oxygen atoms in total. The van der Waals surface area contributed by atoms with Gasteiger partial charge in [-0.1, -0.05) is 24.3 Å². The molecule has 0 bridgehead atoms. The predicted molar refractivity (Wildman–Crippen MR) is 100 cm³/mol. The lowest BCUT2D eigenvalue weighted by atomic mass is 10.2. The van der Waals surface area contributed by atoms with Gasteiger partial charge in [-0.3, -0.25) is 9.59 Å². The van der Waals surface area contributed by atoms with Crippen molar-refractivity contribution in [3.63, 3.8) is 0 Å². The fourth-order valence-corrected chi connectivity index (χ4v) is 3.92. The molecule has 0 aliphatic rings. The smallest absolute Gasteiger partial charge is 0.261 e. The average Bonchev–Trinajstić information content (AvgIpc) is 3.14. The van der Waals surface area contributed by atoms with E-state index in [1.165, 1.54) is 31.5 Å². The summed E-state index contributed by atoms with van der Waals surface area (Å²) in [7, 11) is -0.664. The van der Waals surface area contributed by atoms with Crippen LogP contribution >= 0.6 is 11.3 Å². The highest BCUT2D eigenvalue weighted by molar-refractivity contribution is 7.89. The Morgan fingerprint density at radius 1 is 1.08 bits per heavy atom. The number of nitrogens with one attached hydrogen (secondary N) is 2. The van der Waals surface area contributed by atoms with Crippen molar-refractivity contribution < 1.29 is 18.0 Å². The van der Waals surface area contributed by atoms with Crippen LogP contribution in [0.2, 0.25) is 0 Å². The number of sulfonamides is 1. The maximum absolute atomic E-state index is 12.3. The summed E-state index contributed by atoms with van der Waals surface area (Å²) in [6, 6.07) is 10.0. The van der Waals surface area contributed by atoms with Gasteiger partial charge in [0, 0.05) is 33.6 Å². The Morgan fingerprint density at radius 2 is 1.81 bits per heavy atom. The molecule has 0 unspecified atom stereocenters. The minimum absolute atomic E-state index is 0.0982. The van der Waals surface area contributed by atoms with Gasteiger partial charge in [0.25, 0.3) is 5.91 Å². The third kappa shape index (κ3) is 5.13. The molecule has 140 valence electrons. The maximum Gasteiger partial charge on any atom is 0.261 e. The van der Waals surface area contributed by atoms with Crippen LogP contribution in [-0.2, 0) is 21.4 Å². The van der Waals surface area contributed by atoms with E-state index in [9.17, 15) is 18.0 Å². The zero-order chi connectivity index (χ0) is 19.2. The lowest BCUT2D eigenvalue weighted by Crippen LogP contribution is -2.31.